The molecule has 0 aliphatic carbocycles. The highest BCUT2D eigenvalue weighted by Gasteiger charge is 2.10. The molecule has 0 radical (unpaired) electrons. The van der Waals surface area contributed by atoms with E-state index < -0.39 is 5.91 Å². The van der Waals surface area contributed by atoms with Gasteiger partial charge in [0.2, 0.25) is 0 Å². The summed E-state index contributed by atoms with van der Waals surface area (Å²) in [7, 11) is 0. The molecule has 2 rings (SSSR count). The highest BCUT2D eigenvalue weighted by Crippen LogP contribution is 2.21. The van der Waals surface area contributed by atoms with Crippen molar-refractivity contribution in [3.05, 3.63) is 63.6 Å². The number of benzene rings is 2. The zero-order chi connectivity index (χ0) is 19.1. The molecule has 2 amide bonds. The summed E-state index contributed by atoms with van der Waals surface area (Å²) in [5.74, 6) is -0.203. The summed E-state index contributed by atoms with van der Waals surface area (Å²) in [6.07, 6.45) is 0. The molecule has 0 aliphatic rings. The topological polar surface area (TPSA) is 79.5 Å². The predicted octanol–water partition coefficient (Wildman–Crippen LogP) is 2.78. The van der Waals surface area contributed by atoms with Crippen LogP contribution in [0.25, 0.3) is 0 Å². The zero-order valence-corrected chi connectivity index (χ0v) is 16.7. The number of carbonyl (C=O) groups excluding carboxylic acids is 2. The SMILES string of the molecule is Cc1cc(OCC(=O)NNC(=S)NC(=O)c2ccccc2C)ccc1Br. The molecular weight excluding hydrogens is 418 g/mol. The van der Waals surface area contributed by atoms with Crippen LogP contribution in [0.2, 0.25) is 0 Å². The van der Waals surface area contributed by atoms with Gasteiger partial charge in [-0.1, -0.05) is 34.1 Å². The van der Waals surface area contributed by atoms with Crippen molar-refractivity contribution >= 4 is 45.1 Å². The summed E-state index contributed by atoms with van der Waals surface area (Å²) in [4.78, 5) is 23.9. The molecule has 0 atom stereocenters. The van der Waals surface area contributed by atoms with E-state index in [1.54, 1.807) is 18.2 Å². The molecule has 8 heteroatoms. The molecular formula is C18H18BrN3O3S. The monoisotopic (exact) mass is 435 g/mol. The Morgan fingerprint density at radius 1 is 1.08 bits per heavy atom. The standard InChI is InChI=1S/C18H18BrN3O3S/c1-11-5-3-4-6-14(11)17(24)20-18(26)22-21-16(23)10-25-13-7-8-15(19)12(2)9-13/h3-9H,10H2,1-2H3,(H,21,23)(H2,20,22,24,26). The Morgan fingerprint density at radius 2 is 1.81 bits per heavy atom. The van der Waals surface area contributed by atoms with Crippen molar-refractivity contribution in [2.75, 3.05) is 6.61 Å². The number of halogens is 1. The molecule has 0 unspecified atom stereocenters. The summed E-state index contributed by atoms with van der Waals surface area (Å²) in [6, 6.07) is 12.5. The van der Waals surface area contributed by atoms with Crippen LogP contribution >= 0.6 is 28.1 Å². The number of hydrogen-bond donors (Lipinski definition) is 3. The van der Waals surface area contributed by atoms with E-state index in [-0.39, 0.29) is 17.6 Å². The van der Waals surface area contributed by atoms with Crippen molar-refractivity contribution in [2.24, 2.45) is 0 Å². The van der Waals surface area contributed by atoms with Crippen LogP contribution in [0.5, 0.6) is 5.75 Å². The van der Waals surface area contributed by atoms with Crippen molar-refractivity contribution in [1.82, 2.24) is 16.2 Å². The van der Waals surface area contributed by atoms with Gasteiger partial charge >= 0.3 is 0 Å². The summed E-state index contributed by atoms with van der Waals surface area (Å²) in [5.41, 5.74) is 7.18. The highest BCUT2D eigenvalue weighted by atomic mass is 79.9. The number of hydrogen-bond acceptors (Lipinski definition) is 4. The Balaban J connectivity index is 1.76. The largest absolute Gasteiger partial charge is 0.484 e. The lowest BCUT2D eigenvalue weighted by Crippen LogP contribution is -2.49. The van der Waals surface area contributed by atoms with Crippen LogP contribution in [-0.2, 0) is 4.79 Å². The van der Waals surface area contributed by atoms with Gasteiger partial charge in [-0.25, -0.2) is 0 Å². The highest BCUT2D eigenvalue weighted by molar-refractivity contribution is 9.10. The van der Waals surface area contributed by atoms with E-state index in [0.717, 1.165) is 15.6 Å². The summed E-state index contributed by atoms with van der Waals surface area (Å²) >= 11 is 8.39. The Labute approximate surface area is 165 Å². The van der Waals surface area contributed by atoms with Crippen molar-refractivity contribution in [3.8, 4) is 5.75 Å². The first-order valence-corrected chi connectivity index (χ1v) is 8.91. The Hall–Kier alpha value is -2.45. The van der Waals surface area contributed by atoms with Crippen LogP contribution in [0.15, 0.2) is 46.9 Å². The third kappa shape index (κ3) is 5.82. The first-order chi connectivity index (χ1) is 12.4. The molecule has 0 fully saturated rings. The lowest BCUT2D eigenvalue weighted by Gasteiger charge is -2.12. The van der Waals surface area contributed by atoms with E-state index in [1.807, 2.05) is 38.1 Å². The Morgan fingerprint density at radius 3 is 2.50 bits per heavy atom. The molecule has 0 aromatic heterocycles. The fourth-order valence-corrected chi connectivity index (χ4v) is 2.44. The molecule has 0 heterocycles. The molecule has 0 saturated heterocycles. The van der Waals surface area contributed by atoms with Crippen molar-refractivity contribution in [1.29, 1.82) is 0 Å². The second kappa shape index (κ2) is 9.30. The van der Waals surface area contributed by atoms with Gasteiger partial charge in [0, 0.05) is 10.0 Å². The van der Waals surface area contributed by atoms with Gasteiger partial charge in [-0.3, -0.25) is 25.8 Å². The molecule has 136 valence electrons. The van der Waals surface area contributed by atoms with E-state index in [4.69, 9.17) is 17.0 Å². The van der Waals surface area contributed by atoms with E-state index in [2.05, 4.69) is 32.1 Å². The fourth-order valence-electron chi connectivity index (χ4n) is 2.05. The number of nitrogens with one attached hydrogen (secondary N) is 3. The van der Waals surface area contributed by atoms with Crippen LogP contribution in [0.1, 0.15) is 21.5 Å². The number of carbonyl (C=O) groups is 2. The van der Waals surface area contributed by atoms with Gasteiger partial charge in [-0.15, -0.1) is 0 Å². The van der Waals surface area contributed by atoms with Gasteiger partial charge in [-0.05, 0) is 61.5 Å². The van der Waals surface area contributed by atoms with Crippen molar-refractivity contribution < 1.29 is 14.3 Å². The average Bonchev–Trinajstić information content (AvgIpc) is 2.61. The molecule has 3 N–H and O–H groups in total. The van der Waals surface area contributed by atoms with Crippen molar-refractivity contribution in [2.45, 2.75) is 13.8 Å². The minimum Gasteiger partial charge on any atom is -0.484 e. The van der Waals surface area contributed by atoms with Gasteiger partial charge in [0.15, 0.2) is 11.7 Å². The number of amides is 2. The minimum absolute atomic E-state index is 0.00825. The van der Waals surface area contributed by atoms with Crippen LogP contribution in [0.3, 0.4) is 0 Å². The second-order valence-corrected chi connectivity index (χ2v) is 6.73. The normalized spacial score (nSPS) is 9.96. The van der Waals surface area contributed by atoms with E-state index in [9.17, 15) is 9.59 Å². The predicted molar refractivity (Wildman–Crippen MR) is 107 cm³/mol. The van der Waals surface area contributed by atoms with Crippen LogP contribution < -0.4 is 20.9 Å². The summed E-state index contributed by atoms with van der Waals surface area (Å²) in [6.45, 7) is 3.56. The van der Waals surface area contributed by atoms with Crippen LogP contribution in [0, 0.1) is 13.8 Å². The average molecular weight is 436 g/mol. The van der Waals surface area contributed by atoms with Gasteiger partial charge in [0.05, 0.1) is 0 Å². The number of rotatable bonds is 4. The maximum Gasteiger partial charge on any atom is 0.276 e. The maximum atomic E-state index is 12.1. The molecule has 0 bridgehead atoms. The van der Waals surface area contributed by atoms with E-state index in [0.29, 0.717) is 11.3 Å². The van der Waals surface area contributed by atoms with Crippen LogP contribution in [-0.4, -0.2) is 23.5 Å². The second-order valence-electron chi connectivity index (χ2n) is 5.47. The van der Waals surface area contributed by atoms with E-state index >= 15 is 0 Å². The molecule has 2 aromatic rings. The number of hydrazine groups is 1. The molecule has 26 heavy (non-hydrogen) atoms. The Kier molecular flexibility index (Phi) is 7.11. The summed E-state index contributed by atoms with van der Waals surface area (Å²) < 4.78 is 6.36. The number of ether oxygens (including phenoxy) is 1. The van der Waals surface area contributed by atoms with Gasteiger partial charge < -0.3 is 4.74 Å². The fraction of sp³-hybridized carbons (Fsp3) is 0.167. The quantitative estimate of drug-likeness (QED) is 0.508. The molecule has 6 nitrogen and oxygen atoms in total. The first-order valence-electron chi connectivity index (χ1n) is 7.71. The molecule has 0 spiro atoms. The maximum absolute atomic E-state index is 12.1. The Bertz CT molecular complexity index is 842. The molecule has 0 aliphatic heterocycles. The van der Waals surface area contributed by atoms with Crippen molar-refractivity contribution in [3.63, 3.8) is 0 Å². The summed E-state index contributed by atoms with van der Waals surface area (Å²) in [5, 5.41) is 2.49. The lowest BCUT2D eigenvalue weighted by molar-refractivity contribution is -0.123. The zero-order valence-electron chi connectivity index (χ0n) is 14.3. The first kappa shape index (κ1) is 19.9. The van der Waals surface area contributed by atoms with Gasteiger partial charge in [0.1, 0.15) is 5.75 Å². The lowest BCUT2D eigenvalue weighted by atomic mass is 10.1. The third-order valence-corrected chi connectivity index (χ3v) is 4.53. The third-order valence-electron chi connectivity index (χ3n) is 3.43. The van der Waals surface area contributed by atoms with Gasteiger partial charge in [0.25, 0.3) is 11.8 Å². The minimum atomic E-state index is -0.432. The molecule has 0 saturated carbocycles. The van der Waals surface area contributed by atoms with Crippen LogP contribution in [0.4, 0.5) is 0 Å². The smallest absolute Gasteiger partial charge is 0.276 e. The van der Waals surface area contributed by atoms with Gasteiger partial charge in [-0.2, -0.15) is 0 Å². The number of thiocarbonyl (C=S) groups is 1. The van der Waals surface area contributed by atoms with E-state index in [1.165, 1.54) is 0 Å². The number of aryl methyl sites for hydroxylation is 2. The molecule has 2 aromatic carbocycles.